The van der Waals surface area contributed by atoms with Gasteiger partial charge in [0.1, 0.15) is 5.82 Å². The summed E-state index contributed by atoms with van der Waals surface area (Å²) in [5.41, 5.74) is 3.38. The first-order valence-electron chi connectivity index (χ1n) is 10.1. The van der Waals surface area contributed by atoms with Gasteiger partial charge in [0, 0.05) is 23.5 Å². The number of aromatic nitrogens is 1. The Morgan fingerprint density at radius 1 is 1.14 bits per heavy atom. The second-order valence-electron chi connectivity index (χ2n) is 8.16. The second kappa shape index (κ2) is 7.98. The molecule has 28 heavy (non-hydrogen) atoms. The van der Waals surface area contributed by atoms with Gasteiger partial charge in [0.25, 0.3) is 0 Å². The second-order valence-corrected chi connectivity index (χ2v) is 8.16. The number of para-hydroxylation sites is 1. The third-order valence-corrected chi connectivity index (χ3v) is 5.59. The Kier molecular flexibility index (Phi) is 5.42. The predicted octanol–water partition coefficient (Wildman–Crippen LogP) is 5.19. The van der Waals surface area contributed by atoms with Crippen molar-refractivity contribution in [2.75, 3.05) is 13.1 Å². The first kappa shape index (κ1) is 19.0. The van der Waals surface area contributed by atoms with Crippen molar-refractivity contribution in [1.82, 2.24) is 9.88 Å². The third-order valence-electron chi connectivity index (χ3n) is 5.59. The Hall–Kier alpha value is -2.30. The molecule has 1 N–H and O–H groups in total. The van der Waals surface area contributed by atoms with Crippen LogP contribution in [0.3, 0.4) is 0 Å². The average Bonchev–Trinajstić information content (AvgIpc) is 3.14. The van der Waals surface area contributed by atoms with E-state index >= 15 is 0 Å². The summed E-state index contributed by atoms with van der Waals surface area (Å²) in [5.74, 6) is 0.303. The number of benzene rings is 2. The molecule has 0 radical (unpaired) electrons. The van der Waals surface area contributed by atoms with Gasteiger partial charge in [-0.25, -0.2) is 9.37 Å². The van der Waals surface area contributed by atoms with Gasteiger partial charge in [0.05, 0.1) is 17.3 Å². The van der Waals surface area contributed by atoms with Gasteiger partial charge in [-0.15, -0.1) is 0 Å². The van der Waals surface area contributed by atoms with Gasteiger partial charge >= 0.3 is 0 Å². The minimum absolute atomic E-state index is 0.120. The van der Waals surface area contributed by atoms with Crippen molar-refractivity contribution in [2.45, 2.75) is 38.8 Å². The van der Waals surface area contributed by atoms with Crippen molar-refractivity contribution in [3.63, 3.8) is 0 Å². The van der Waals surface area contributed by atoms with Gasteiger partial charge in [-0.2, -0.15) is 0 Å². The van der Waals surface area contributed by atoms with Crippen LogP contribution in [0.5, 0.6) is 0 Å². The zero-order valence-corrected chi connectivity index (χ0v) is 16.5. The van der Waals surface area contributed by atoms with E-state index in [1.54, 1.807) is 12.1 Å². The molecule has 146 valence electrons. The largest absolute Gasteiger partial charge is 0.387 e. The van der Waals surface area contributed by atoms with Gasteiger partial charge in [0.2, 0.25) is 0 Å². The molecule has 0 aliphatic carbocycles. The van der Waals surface area contributed by atoms with E-state index in [1.165, 1.54) is 12.1 Å². The van der Waals surface area contributed by atoms with Gasteiger partial charge < -0.3 is 5.11 Å². The summed E-state index contributed by atoms with van der Waals surface area (Å²) in [4.78, 5) is 7.18. The van der Waals surface area contributed by atoms with E-state index < -0.39 is 6.10 Å². The molecule has 2 unspecified atom stereocenters. The maximum Gasteiger partial charge on any atom is 0.123 e. The van der Waals surface area contributed by atoms with E-state index in [4.69, 9.17) is 4.98 Å². The summed E-state index contributed by atoms with van der Waals surface area (Å²) < 4.78 is 13.3. The van der Waals surface area contributed by atoms with Crippen molar-refractivity contribution in [3.05, 3.63) is 66.0 Å². The number of fused-ring (bicyclic) bond motifs is 1. The molecule has 1 saturated heterocycles. The van der Waals surface area contributed by atoms with Crippen molar-refractivity contribution in [1.29, 1.82) is 0 Å². The minimum Gasteiger partial charge on any atom is -0.387 e. The van der Waals surface area contributed by atoms with Crippen LogP contribution in [0, 0.1) is 11.7 Å². The number of halogens is 1. The zero-order valence-electron chi connectivity index (χ0n) is 16.5. The van der Waals surface area contributed by atoms with Crippen LogP contribution in [-0.2, 0) is 0 Å². The highest BCUT2D eigenvalue weighted by Crippen LogP contribution is 2.35. The van der Waals surface area contributed by atoms with E-state index in [-0.39, 0.29) is 11.9 Å². The molecule has 1 aliphatic rings. The zero-order chi connectivity index (χ0) is 19.7. The molecule has 0 spiro atoms. The number of rotatable bonds is 5. The fourth-order valence-electron chi connectivity index (χ4n) is 4.33. The molecule has 2 atom stereocenters. The SMILES string of the molecule is CC(C)CN1CCCC1C(O)c1cc(-c2ccc(F)cc2)nc2ccccc12. The highest BCUT2D eigenvalue weighted by atomic mass is 19.1. The molecular formula is C24H27FN2O. The lowest BCUT2D eigenvalue weighted by Gasteiger charge is -2.30. The maximum atomic E-state index is 13.3. The van der Waals surface area contributed by atoms with Crippen LogP contribution >= 0.6 is 0 Å². The topological polar surface area (TPSA) is 36.4 Å². The standard InChI is InChI=1S/C24H27FN2O/c1-16(2)15-27-13-5-8-23(27)24(28)20-14-22(17-9-11-18(25)12-10-17)26-21-7-4-3-6-19(20)21/h3-4,6-7,9-12,14,16,23-24,28H,5,8,13,15H2,1-2H3. The van der Waals surface area contributed by atoms with E-state index in [0.717, 1.165) is 53.7 Å². The monoisotopic (exact) mass is 378 g/mol. The number of hydrogen-bond donors (Lipinski definition) is 1. The van der Waals surface area contributed by atoms with Crippen molar-refractivity contribution in [3.8, 4) is 11.3 Å². The van der Waals surface area contributed by atoms with Crippen LogP contribution in [-0.4, -0.2) is 34.1 Å². The Labute approximate surface area is 165 Å². The molecule has 1 aromatic heterocycles. The molecule has 1 aliphatic heterocycles. The highest BCUT2D eigenvalue weighted by Gasteiger charge is 2.32. The molecule has 3 aromatic rings. The molecular weight excluding hydrogens is 351 g/mol. The molecule has 0 saturated carbocycles. The number of nitrogens with zero attached hydrogens (tertiary/aromatic N) is 2. The predicted molar refractivity (Wildman–Crippen MR) is 112 cm³/mol. The molecule has 4 heteroatoms. The van der Waals surface area contributed by atoms with E-state index in [9.17, 15) is 9.50 Å². The number of aliphatic hydroxyl groups excluding tert-OH is 1. The highest BCUT2D eigenvalue weighted by molar-refractivity contribution is 5.85. The van der Waals surface area contributed by atoms with E-state index in [0.29, 0.717) is 5.92 Å². The Bertz CT molecular complexity index is 954. The summed E-state index contributed by atoms with van der Waals surface area (Å²) in [6.07, 6.45) is 1.53. The van der Waals surface area contributed by atoms with Gasteiger partial charge in [0.15, 0.2) is 0 Å². The molecule has 4 rings (SSSR count). The first-order chi connectivity index (χ1) is 13.5. The molecule has 2 heterocycles. The Morgan fingerprint density at radius 2 is 1.89 bits per heavy atom. The lowest BCUT2D eigenvalue weighted by molar-refractivity contribution is 0.0678. The summed E-state index contributed by atoms with van der Waals surface area (Å²) in [7, 11) is 0. The fraction of sp³-hybridized carbons (Fsp3) is 0.375. The molecule has 2 aromatic carbocycles. The lowest BCUT2D eigenvalue weighted by atomic mass is 9.94. The molecule has 0 bridgehead atoms. The third kappa shape index (κ3) is 3.80. The quantitative estimate of drug-likeness (QED) is 0.663. The van der Waals surface area contributed by atoms with Crippen LogP contribution in [0.15, 0.2) is 54.6 Å². The molecule has 1 fully saturated rings. The van der Waals surface area contributed by atoms with E-state index in [1.807, 2.05) is 30.3 Å². The summed E-state index contributed by atoms with van der Waals surface area (Å²) >= 11 is 0. The van der Waals surface area contributed by atoms with Gasteiger partial charge in [-0.3, -0.25) is 4.90 Å². The number of hydrogen-bond acceptors (Lipinski definition) is 3. The van der Waals surface area contributed by atoms with Crippen LogP contribution < -0.4 is 0 Å². The lowest BCUT2D eigenvalue weighted by Crippen LogP contribution is -2.37. The van der Waals surface area contributed by atoms with Crippen LogP contribution in [0.2, 0.25) is 0 Å². The van der Waals surface area contributed by atoms with E-state index in [2.05, 4.69) is 18.7 Å². The van der Waals surface area contributed by atoms with Crippen molar-refractivity contribution in [2.24, 2.45) is 5.92 Å². The van der Waals surface area contributed by atoms with Crippen LogP contribution in [0.4, 0.5) is 4.39 Å². The average molecular weight is 378 g/mol. The fourth-order valence-corrected chi connectivity index (χ4v) is 4.33. The van der Waals surface area contributed by atoms with Gasteiger partial charge in [-0.1, -0.05) is 32.0 Å². The normalized spacial score (nSPS) is 18.8. The van der Waals surface area contributed by atoms with Crippen LogP contribution in [0.25, 0.3) is 22.2 Å². The first-order valence-corrected chi connectivity index (χ1v) is 10.1. The van der Waals surface area contributed by atoms with Gasteiger partial charge in [-0.05, 0) is 67.3 Å². The smallest absolute Gasteiger partial charge is 0.123 e. The molecule has 0 amide bonds. The summed E-state index contributed by atoms with van der Waals surface area (Å²) in [5, 5.41) is 12.4. The van der Waals surface area contributed by atoms with Crippen LogP contribution in [0.1, 0.15) is 38.4 Å². The maximum absolute atomic E-state index is 13.3. The number of aliphatic hydroxyl groups is 1. The van der Waals surface area contributed by atoms with Crippen molar-refractivity contribution >= 4 is 10.9 Å². The minimum atomic E-state index is -0.576. The summed E-state index contributed by atoms with van der Waals surface area (Å²) in [6.45, 7) is 6.47. The van der Waals surface area contributed by atoms with Crippen molar-refractivity contribution < 1.29 is 9.50 Å². The molecule has 3 nitrogen and oxygen atoms in total. The Morgan fingerprint density at radius 3 is 2.64 bits per heavy atom. The number of pyridine rings is 1. The summed E-state index contributed by atoms with van der Waals surface area (Å²) in [6, 6.07) is 16.4. The Balaban J connectivity index is 1.77. The number of likely N-dealkylation sites (tertiary alicyclic amines) is 1.